The third-order valence-electron chi connectivity index (χ3n) is 1.96. The molecule has 0 fully saturated rings. The first-order valence-electron chi connectivity index (χ1n) is 3.73. The summed E-state index contributed by atoms with van der Waals surface area (Å²) < 4.78 is 5.28. The number of hydrogen-bond donors (Lipinski definition) is 1. The van der Waals surface area contributed by atoms with E-state index in [0.717, 1.165) is 11.3 Å². The van der Waals surface area contributed by atoms with Crippen LogP contribution in [-0.2, 0) is 0 Å². The molecule has 0 aromatic heterocycles. The average molecular weight is 197 g/mol. The Morgan fingerprint density at radius 2 is 2.31 bits per heavy atom. The lowest BCUT2D eigenvalue weighted by Crippen LogP contribution is -2.10. The van der Waals surface area contributed by atoms with Crippen LogP contribution in [0.1, 0.15) is 17.2 Å². The van der Waals surface area contributed by atoms with E-state index in [4.69, 9.17) is 15.7 Å². The Morgan fingerprint density at radius 3 is 3.00 bits per heavy atom. The van der Waals surface area contributed by atoms with Gasteiger partial charge in [0.15, 0.2) is 0 Å². The molecule has 1 aliphatic rings. The molecule has 0 amide bonds. The van der Waals surface area contributed by atoms with Gasteiger partial charge in [-0.2, -0.15) is 5.26 Å². The molecule has 4 heteroatoms. The summed E-state index contributed by atoms with van der Waals surface area (Å²) in [5.74, 6) is 0.751. The second kappa shape index (κ2) is 3.65. The summed E-state index contributed by atoms with van der Waals surface area (Å²) in [7, 11) is 0. The SMILES string of the molecule is Cl.N#Cc1ccc2c(c1)OC[C@H]2N. The van der Waals surface area contributed by atoms with Gasteiger partial charge in [0.2, 0.25) is 0 Å². The normalized spacial score (nSPS) is 18.0. The number of nitrogens with zero attached hydrogens (tertiary/aromatic N) is 1. The number of nitriles is 1. The summed E-state index contributed by atoms with van der Waals surface area (Å²) in [5.41, 5.74) is 7.34. The highest BCUT2D eigenvalue weighted by atomic mass is 35.5. The summed E-state index contributed by atoms with van der Waals surface area (Å²) in [6.45, 7) is 0.518. The lowest BCUT2D eigenvalue weighted by molar-refractivity contribution is 0.333. The predicted molar refractivity (Wildman–Crippen MR) is 50.8 cm³/mol. The molecule has 1 atom stereocenters. The highest BCUT2D eigenvalue weighted by molar-refractivity contribution is 5.85. The molecule has 2 N–H and O–H groups in total. The summed E-state index contributed by atoms with van der Waals surface area (Å²) in [5, 5.41) is 8.60. The Kier molecular flexibility index (Phi) is 2.76. The number of ether oxygens (including phenoxy) is 1. The Hall–Kier alpha value is -1.24. The summed E-state index contributed by atoms with van der Waals surface area (Å²) in [4.78, 5) is 0. The van der Waals surface area contributed by atoms with Gasteiger partial charge < -0.3 is 10.5 Å². The molecule has 0 bridgehead atoms. The molecule has 3 nitrogen and oxygen atoms in total. The van der Waals surface area contributed by atoms with Crippen molar-refractivity contribution in [1.82, 2.24) is 0 Å². The van der Waals surface area contributed by atoms with Crippen LogP contribution in [0.2, 0.25) is 0 Å². The Balaban J connectivity index is 0.000000845. The van der Waals surface area contributed by atoms with Crippen molar-refractivity contribution in [1.29, 1.82) is 5.26 Å². The van der Waals surface area contributed by atoms with Crippen molar-refractivity contribution < 1.29 is 4.74 Å². The van der Waals surface area contributed by atoms with E-state index in [0.29, 0.717) is 12.2 Å². The maximum absolute atomic E-state index is 8.60. The van der Waals surface area contributed by atoms with E-state index < -0.39 is 0 Å². The van der Waals surface area contributed by atoms with Crippen molar-refractivity contribution in [2.45, 2.75) is 6.04 Å². The molecular formula is C9H9ClN2O. The maximum atomic E-state index is 8.60. The molecule has 0 radical (unpaired) electrons. The van der Waals surface area contributed by atoms with Crippen molar-refractivity contribution in [3.63, 3.8) is 0 Å². The molecule has 0 spiro atoms. The zero-order chi connectivity index (χ0) is 8.55. The van der Waals surface area contributed by atoms with E-state index in [2.05, 4.69) is 6.07 Å². The molecule has 0 saturated carbocycles. The van der Waals surface area contributed by atoms with Crippen LogP contribution in [0.4, 0.5) is 0 Å². The highest BCUT2D eigenvalue weighted by Gasteiger charge is 2.20. The van der Waals surface area contributed by atoms with Gasteiger partial charge in [-0.15, -0.1) is 12.4 Å². The van der Waals surface area contributed by atoms with Crippen LogP contribution in [-0.4, -0.2) is 6.61 Å². The van der Waals surface area contributed by atoms with Crippen LogP contribution >= 0.6 is 12.4 Å². The Labute approximate surface area is 82.5 Å². The van der Waals surface area contributed by atoms with E-state index in [-0.39, 0.29) is 18.4 Å². The summed E-state index contributed by atoms with van der Waals surface area (Å²) in [6.07, 6.45) is 0. The second-order valence-electron chi connectivity index (χ2n) is 2.78. The number of hydrogen-bond acceptors (Lipinski definition) is 3. The van der Waals surface area contributed by atoms with Gasteiger partial charge in [0.05, 0.1) is 17.7 Å². The smallest absolute Gasteiger partial charge is 0.125 e. The third-order valence-corrected chi connectivity index (χ3v) is 1.96. The van der Waals surface area contributed by atoms with Crippen molar-refractivity contribution in [2.24, 2.45) is 5.73 Å². The van der Waals surface area contributed by atoms with Crippen LogP contribution in [0.3, 0.4) is 0 Å². The number of halogens is 1. The van der Waals surface area contributed by atoms with Gasteiger partial charge in [0.25, 0.3) is 0 Å². The van der Waals surface area contributed by atoms with E-state index in [9.17, 15) is 0 Å². The fraction of sp³-hybridized carbons (Fsp3) is 0.222. The minimum Gasteiger partial charge on any atom is -0.491 e. The lowest BCUT2D eigenvalue weighted by atomic mass is 10.1. The molecule has 1 aromatic rings. The van der Waals surface area contributed by atoms with Gasteiger partial charge in [-0.05, 0) is 12.1 Å². The molecule has 68 valence electrons. The van der Waals surface area contributed by atoms with Crippen molar-refractivity contribution in [2.75, 3.05) is 6.61 Å². The largest absolute Gasteiger partial charge is 0.491 e. The van der Waals surface area contributed by atoms with Gasteiger partial charge >= 0.3 is 0 Å². The third kappa shape index (κ3) is 1.59. The number of rotatable bonds is 0. The first kappa shape index (κ1) is 9.85. The first-order chi connectivity index (χ1) is 5.81. The fourth-order valence-electron chi connectivity index (χ4n) is 1.30. The summed E-state index contributed by atoms with van der Waals surface area (Å²) >= 11 is 0. The molecule has 0 saturated heterocycles. The number of fused-ring (bicyclic) bond motifs is 1. The highest BCUT2D eigenvalue weighted by Crippen LogP contribution is 2.31. The van der Waals surface area contributed by atoms with E-state index >= 15 is 0 Å². The summed E-state index contributed by atoms with van der Waals surface area (Å²) in [6, 6.07) is 7.35. The standard InChI is InChI=1S/C9H8N2O.ClH/c10-4-6-1-2-7-8(11)5-12-9(7)3-6;/h1-3,8H,5,11H2;1H/t8-;/m1./s1. The van der Waals surface area contributed by atoms with E-state index in [1.54, 1.807) is 12.1 Å². The molecule has 0 aliphatic carbocycles. The van der Waals surface area contributed by atoms with Gasteiger partial charge in [0.1, 0.15) is 12.4 Å². The van der Waals surface area contributed by atoms with Gasteiger partial charge in [-0.25, -0.2) is 0 Å². The number of benzene rings is 1. The fourth-order valence-corrected chi connectivity index (χ4v) is 1.30. The molecular weight excluding hydrogens is 188 g/mol. The van der Waals surface area contributed by atoms with Crippen LogP contribution < -0.4 is 10.5 Å². The van der Waals surface area contributed by atoms with Crippen molar-refractivity contribution in [3.05, 3.63) is 29.3 Å². The minimum absolute atomic E-state index is 0. The molecule has 1 aliphatic heterocycles. The zero-order valence-corrected chi connectivity index (χ0v) is 7.67. The molecule has 0 unspecified atom stereocenters. The van der Waals surface area contributed by atoms with Crippen LogP contribution in [0, 0.1) is 11.3 Å². The topological polar surface area (TPSA) is 59.0 Å². The average Bonchev–Trinajstić information content (AvgIpc) is 2.47. The van der Waals surface area contributed by atoms with Gasteiger partial charge in [-0.3, -0.25) is 0 Å². The van der Waals surface area contributed by atoms with Crippen LogP contribution in [0.25, 0.3) is 0 Å². The first-order valence-corrected chi connectivity index (χ1v) is 3.73. The van der Waals surface area contributed by atoms with Crippen molar-refractivity contribution >= 4 is 12.4 Å². The zero-order valence-electron chi connectivity index (χ0n) is 6.86. The van der Waals surface area contributed by atoms with Gasteiger partial charge in [-0.1, -0.05) is 6.07 Å². The van der Waals surface area contributed by atoms with E-state index in [1.165, 1.54) is 0 Å². The molecule has 2 rings (SSSR count). The van der Waals surface area contributed by atoms with Crippen LogP contribution in [0.15, 0.2) is 18.2 Å². The Bertz CT molecular complexity index is 359. The maximum Gasteiger partial charge on any atom is 0.125 e. The quantitative estimate of drug-likeness (QED) is 0.682. The molecule has 13 heavy (non-hydrogen) atoms. The lowest BCUT2D eigenvalue weighted by Gasteiger charge is -1.98. The van der Waals surface area contributed by atoms with Crippen LogP contribution in [0.5, 0.6) is 5.75 Å². The predicted octanol–water partition coefficient (Wildman–Crippen LogP) is 1.37. The number of nitrogens with two attached hydrogens (primary N) is 1. The van der Waals surface area contributed by atoms with Gasteiger partial charge in [0, 0.05) is 5.56 Å². The Morgan fingerprint density at radius 1 is 1.54 bits per heavy atom. The minimum atomic E-state index is -0.0345. The second-order valence-corrected chi connectivity index (χ2v) is 2.78. The molecule has 1 heterocycles. The van der Waals surface area contributed by atoms with Crippen molar-refractivity contribution in [3.8, 4) is 11.8 Å². The molecule has 1 aromatic carbocycles. The monoisotopic (exact) mass is 196 g/mol. The van der Waals surface area contributed by atoms with E-state index in [1.807, 2.05) is 6.07 Å².